The number of halogens is 1. The van der Waals surface area contributed by atoms with Gasteiger partial charge in [0.05, 0.1) is 0 Å². The summed E-state index contributed by atoms with van der Waals surface area (Å²) in [4.78, 5) is 24.1. The standard InChI is InChI=1S/C16H21FN2O3/c1-9(2)7-12(15(20)18-3)19-16(21)13-8-10-5-4-6-11(17)14(10)22-13/h4-6,9,12-13H,7-8H2,1-3H3,(H,18,20)(H,19,21). The predicted octanol–water partition coefficient (Wildman–Crippen LogP) is 1.41. The van der Waals surface area contributed by atoms with Gasteiger partial charge in [0.15, 0.2) is 17.7 Å². The molecule has 22 heavy (non-hydrogen) atoms. The highest BCUT2D eigenvalue weighted by Gasteiger charge is 2.33. The van der Waals surface area contributed by atoms with E-state index in [9.17, 15) is 14.0 Å². The lowest BCUT2D eigenvalue weighted by Crippen LogP contribution is -2.50. The van der Waals surface area contributed by atoms with Gasteiger partial charge in [0, 0.05) is 19.0 Å². The van der Waals surface area contributed by atoms with Gasteiger partial charge in [-0.05, 0) is 18.4 Å². The molecule has 0 radical (unpaired) electrons. The van der Waals surface area contributed by atoms with Crippen LogP contribution in [-0.4, -0.2) is 31.0 Å². The summed E-state index contributed by atoms with van der Waals surface area (Å²) >= 11 is 0. The van der Waals surface area contributed by atoms with Crippen LogP contribution in [0.5, 0.6) is 5.75 Å². The normalized spacial score (nSPS) is 17.6. The van der Waals surface area contributed by atoms with Gasteiger partial charge in [-0.15, -0.1) is 0 Å². The smallest absolute Gasteiger partial charge is 0.262 e. The zero-order chi connectivity index (χ0) is 16.3. The first-order valence-electron chi connectivity index (χ1n) is 7.38. The third-order valence-corrected chi connectivity index (χ3v) is 3.59. The molecule has 0 spiro atoms. The first-order chi connectivity index (χ1) is 10.4. The molecule has 2 atom stereocenters. The summed E-state index contributed by atoms with van der Waals surface area (Å²) in [7, 11) is 1.53. The summed E-state index contributed by atoms with van der Waals surface area (Å²) < 4.78 is 19.0. The quantitative estimate of drug-likeness (QED) is 0.864. The van der Waals surface area contributed by atoms with Crippen molar-refractivity contribution in [1.82, 2.24) is 10.6 Å². The van der Waals surface area contributed by atoms with Gasteiger partial charge in [0.1, 0.15) is 6.04 Å². The molecule has 120 valence electrons. The number of carbonyl (C=O) groups is 2. The number of nitrogens with one attached hydrogen (secondary N) is 2. The highest BCUT2D eigenvalue weighted by molar-refractivity contribution is 5.89. The van der Waals surface area contributed by atoms with Gasteiger partial charge in [-0.3, -0.25) is 9.59 Å². The van der Waals surface area contributed by atoms with E-state index in [1.54, 1.807) is 12.1 Å². The minimum Gasteiger partial charge on any atom is -0.477 e. The minimum absolute atomic E-state index is 0.128. The second-order valence-corrected chi connectivity index (χ2v) is 5.84. The number of benzene rings is 1. The Bertz CT molecular complexity index is 575. The Morgan fingerprint density at radius 2 is 2.14 bits per heavy atom. The fourth-order valence-electron chi connectivity index (χ4n) is 2.52. The van der Waals surface area contributed by atoms with Crippen molar-refractivity contribution in [3.05, 3.63) is 29.6 Å². The van der Waals surface area contributed by atoms with E-state index in [4.69, 9.17) is 4.74 Å². The average Bonchev–Trinajstić information content (AvgIpc) is 2.91. The maximum absolute atomic E-state index is 13.6. The number of para-hydroxylation sites is 1. The molecule has 0 bridgehead atoms. The molecule has 1 aromatic carbocycles. The van der Waals surface area contributed by atoms with Gasteiger partial charge < -0.3 is 15.4 Å². The number of likely N-dealkylation sites (N-methyl/N-ethyl adjacent to an activating group) is 1. The van der Waals surface area contributed by atoms with Crippen LogP contribution in [0, 0.1) is 11.7 Å². The fraction of sp³-hybridized carbons (Fsp3) is 0.500. The largest absolute Gasteiger partial charge is 0.477 e. The van der Waals surface area contributed by atoms with Gasteiger partial charge >= 0.3 is 0 Å². The van der Waals surface area contributed by atoms with Crippen LogP contribution in [0.15, 0.2) is 18.2 Å². The molecule has 0 fully saturated rings. The zero-order valence-electron chi connectivity index (χ0n) is 13.0. The SMILES string of the molecule is CNC(=O)C(CC(C)C)NC(=O)C1Cc2cccc(F)c2O1. The Labute approximate surface area is 129 Å². The Morgan fingerprint density at radius 1 is 1.41 bits per heavy atom. The number of amides is 2. The van der Waals surface area contributed by atoms with Crippen molar-refractivity contribution >= 4 is 11.8 Å². The van der Waals surface area contributed by atoms with E-state index < -0.39 is 23.9 Å². The number of fused-ring (bicyclic) bond motifs is 1. The Morgan fingerprint density at radius 3 is 2.73 bits per heavy atom. The van der Waals surface area contributed by atoms with Crippen LogP contribution >= 0.6 is 0 Å². The van der Waals surface area contributed by atoms with Gasteiger partial charge in [-0.25, -0.2) is 4.39 Å². The number of rotatable bonds is 5. The van der Waals surface area contributed by atoms with Crippen molar-refractivity contribution < 1.29 is 18.7 Å². The molecule has 2 unspecified atom stereocenters. The average molecular weight is 308 g/mol. The highest BCUT2D eigenvalue weighted by atomic mass is 19.1. The molecule has 1 aliphatic heterocycles. The van der Waals surface area contributed by atoms with Crippen LogP contribution < -0.4 is 15.4 Å². The topological polar surface area (TPSA) is 67.4 Å². The van der Waals surface area contributed by atoms with Gasteiger partial charge in [0.2, 0.25) is 5.91 Å². The molecule has 1 heterocycles. The number of hydrogen-bond acceptors (Lipinski definition) is 3. The van der Waals surface area contributed by atoms with E-state index in [0.29, 0.717) is 18.4 Å². The lowest BCUT2D eigenvalue weighted by atomic mass is 10.0. The molecule has 1 aliphatic rings. The third-order valence-electron chi connectivity index (χ3n) is 3.59. The molecule has 2 rings (SSSR count). The Balaban J connectivity index is 2.03. The fourth-order valence-corrected chi connectivity index (χ4v) is 2.52. The van der Waals surface area contributed by atoms with Crippen molar-refractivity contribution in [2.45, 2.75) is 38.8 Å². The van der Waals surface area contributed by atoms with Crippen LogP contribution in [0.3, 0.4) is 0 Å². The number of ether oxygens (including phenoxy) is 1. The number of carbonyl (C=O) groups excluding carboxylic acids is 2. The van der Waals surface area contributed by atoms with Gasteiger partial charge in [-0.2, -0.15) is 0 Å². The molecule has 0 aliphatic carbocycles. The van der Waals surface area contributed by atoms with Crippen LogP contribution in [-0.2, 0) is 16.0 Å². The molecule has 6 heteroatoms. The van der Waals surface area contributed by atoms with Crippen molar-refractivity contribution in [2.75, 3.05) is 7.05 Å². The van der Waals surface area contributed by atoms with E-state index in [1.165, 1.54) is 13.1 Å². The van der Waals surface area contributed by atoms with Crippen molar-refractivity contribution in [3.8, 4) is 5.75 Å². The monoisotopic (exact) mass is 308 g/mol. The lowest BCUT2D eigenvalue weighted by Gasteiger charge is -2.21. The van der Waals surface area contributed by atoms with Crippen LogP contribution in [0.25, 0.3) is 0 Å². The highest BCUT2D eigenvalue weighted by Crippen LogP contribution is 2.31. The summed E-state index contributed by atoms with van der Waals surface area (Å²) in [5, 5.41) is 5.24. The van der Waals surface area contributed by atoms with E-state index in [2.05, 4.69) is 10.6 Å². The Hall–Kier alpha value is -2.11. The van der Waals surface area contributed by atoms with E-state index >= 15 is 0 Å². The van der Waals surface area contributed by atoms with Crippen LogP contribution in [0.1, 0.15) is 25.8 Å². The van der Waals surface area contributed by atoms with Crippen molar-refractivity contribution in [1.29, 1.82) is 0 Å². The zero-order valence-corrected chi connectivity index (χ0v) is 13.0. The van der Waals surface area contributed by atoms with Crippen LogP contribution in [0.4, 0.5) is 4.39 Å². The van der Waals surface area contributed by atoms with Crippen molar-refractivity contribution in [3.63, 3.8) is 0 Å². The van der Waals surface area contributed by atoms with Gasteiger partial charge in [0.25, 0.3) is 5.91 Å². The molecule has 2 N–H and O–H groups in total. The maximum atomic E-state index is 13.6. The van der Waals surface area contributed by atoms with E-state index in [1.807, 2.05) is 13.8 Å². The Kier molecular flexibility index (Phi) is 5.00. The second-order valence-electron chi connectivity index (χ2n) is 5.84. The summed E-state index contributed by atoms with van der Waals surface area (Å²) in [6.45, 7) is 3.94. The van der Waals surface area contributed by atoms with Gasteiger partial charge in [-0.1, -0.05) is 26.0 Å². The molecule has 5 nitrogen and oxygen atoms in total. The van der Waals surface area contributed by atoms with Crippen LogP contribution in [0.2, 0.25) is 0 Å². The van der Waals surface area contributed by atoms with Crippen molar-refractivity contribution in [2.24, 2.45) is 5.92 Å². The second kappa shape index (κ2) is 6.77. The number of hydrogen-bond donors (Lipinski definition) is 2. The summed E-state index contributed by atoms with van der Waals surface area (Å²) in [5.41, 5.74) is 0.667. The maximum Gasteiger partial charge on any atom is 0.262 e. The lowest BCUT2D eigenvalue weighted by molar-refractivity contribution is -0.132. The molecule has 0 saturated heterocycles. The molecule has 0 saturated carbocycles. The first-order valence-corrected chi connectivity index (χ1v) is 7.38. The molecular weight excluding hydrogens is 287 g/mol. The van der Waals surface area contributed by atoms with E-state index in [0.717, 1.165) is 0 Å². The third kappa shape index (κ3) is 3.55. The first kappa shape index (κ1) is 16.3. The predicted molar refractivity (Wildman–Crippen MR) is 80.0 cm³/mol. The molecule has 2 amide bonds. The summed E-state index contributed by atoms with van der Waals surface area (Å²) in [6.07, 6.45) is 0.0340. The van der Waals surface area contributed by atoms with E-state index in [-0.39, 0.29) is 17.6 Å². The molecule has 1 aromatic rings. The molecule has 0 aromatic heterocycles. The summed E-state index contributed by atoms with van der Waals surface area (Å²) in [5.74, 6) is -0.740. The minimum atomic E-state index is -0.800. The summed E-state index contributed by atoms with van der Waals surface area (Å²) in [6, 6.07) is 4.00. The molecular formula is C16H21FN2O3.